The number of hydrogen-bond donors (Lipinski definition) is 1. The van der Waals surface area contributed by atoms with Crippen molar-refractivity contribution in [1.29, 1.82) is 0 Å². The van der Waals surface area contributed by atoms with Crippen molar-refractivity contribution in [2.45, 2.75) is 31.5 Å². The number of aliphatic imine (C=N–C) groups is 1. The second kappa shape index (κ2) is 14.5. The summed E-state index contributed by atoms with van der Waals surface area (Å²) < 4.78 is 25.0. The van der Waals surface area contributed by atoms with Gasteiger partial charge < -0.3 is 24.6 Å². The number of carbonyl (C=O) groups excluding carboxylic acids is 3. The number of amides is 2. The highest BCUT2D eigenvalue weighted by molar-refractivity contribution is 7.11. The smallest absolute Gasteiger partial charge is 0.338 e. The van der Waals surface area contributed by atoms with Crippen molar-refractivity contribution in [1.82, 2.24) is 20.1 Å². The van der Waals surface area contributed by atoms with Crippen molar-refractivity contribution in [3.63, 3.8) is 0 Å². The van der Waals surface area contributed by atoms with Gasteiger partial charge in [-0.1, -0.05) is 17.7 Å². The van der Waals surface area contributed by atoms with Crippen LogP contribution in [-0.2, 0) is 19.1 Å². The lowest BCUT2D eigenvalue weighted by molar-refractivity contribution is -0.136. The molecule has 1 N–H and O–H groups in total. The van der Waals surface area contributed by atoms with Crippen LogP contribution in [0.2, 0.25) is 5.02 Å². The third kappa shape index (κ3) is 6.97. The van der Waals surface area contributed by atoms with Gasteiger partial charge in [-0.05, 0) is 43.3 Å². The molecule has 0 bridgehead atoms. The average Bonchev–Trinajstić information content (AvgIpc) is 3.76. The first-order valence-corrected chi connectivity index (χ1v) is 17.7. The van der Waals surface area contributed by atoms with Gasteiger partial charge in [-0.2, -0.15) is 0 Å². The fourth-order valence-corrected chi connectivity index (χ4v) is 7.92. The van der Waals surface area contributed by atoms with Crippen molar-refractivity contribution in [3.8, 4) is 0 Å². The molecule has 1 unspecified atom stereocenters. The molecule has 3 fully saturated rings. The molecule has 15 heteroatoms. The van der Waals surface area contributed by atoms with Gasteiger partial charge in [0.25, 0.3) is 0 Å². The summed E-state index contributed by atoms with van der Waals surface area (Å²) in [5.74, 6) is -0.482. The number of halogens is 2. The maximum atomic E-state index is 14.0. The summed E-state index contributed by atoms with van der Waals surface area (Å²) in [5, 5.41) is 5.96. The SMILES string of the molecule is COC(=O)C1=C(CN2CCN3C(=O)N(c4ccc(N5CCOC(CC(C)=O)C5)cc4)C[C@@H]3C2)NC(c2nccs2)=N[C@H]1c1ccc(F)cc1Cl. The second-order valence-corrected chi connectivity index (χ2v) is 14.0. The number of nitrogens with zero attached hydrogens (tertiary/aromatic N) is 6. The van der Waals surface area contributed by atoms with E-state index in [1.54, 1.807) is 13.1 Å². The number of urea groups is 1. The molecule has 3 saturated heterocycles. The van der Waals surface area contributed by atoms with E-state index < -0.39 is 17.8 Å². The Morgan fingerprint density at radius 2 is 1.90 bits per heavy atom. The van der Waals surface area contributed by atoms with Crippen LogP contribution in [0.4, 0.5) is 20.6 Å². The number of benzene rings is 2. The van der Waals surface area contributed by atoms with Crippen LogP contribution in [0.3, 0.4) is 0 Å². The first-order chi connectivity index (χ1) is 24.2. The molecule has 1 aromatic heterocycles. The monoisotopic (exact) mass is 721 g/mol. The lowest BCUT2D eigenvalue weighted by Gasteiger charge is -2.38. The zero-order valence-corrected chi connectivity index (χ0v) is 29.3. The summed E-state index contributed by atoms with van der Waals surface area (Å²) in [6.07, 6.45) is 1.95. The number of hydrogen-bond acceptors (Lipinski definition) is 11. The third-order valence-electron chi connectivity index (χ3n) is 9.42. The summed E-state index contributed by atoms with van der Waals surface area (Å²) in [7, 11) is 1.31. The minimum Gasteiger partial charge on any atom is -0.466 e. The van der Waals surface area contributed by atoms with Gasteiger partial charge in [0.05, 0.1) is 31.4 Å². The van der Waals surface area contributed by atoms with Gasteiger partial charge in [0.1, 0.15) is 17.6 Å². The number of methoxy groups -OCH3 is 1. The number of aromatic nitrogens is 1. The number of Topliss-reactive ketones (excluding diaryl/α,β-unsaturated/α-hetero) is 1. The maximum Gasteiger partial charge on any atom is 0.338 e. The van der Waals surface area contributed by atoms with Gasteiger partial charge in [-0.25, -0.2) is 19.0 Å². The number of ketones is 1. The first kappa shape index (κ1) is 34.1. The van der Waals surface area contributed by atoms with Crippen LogP contribution in [0, 0.1) is 5.82 Å². The molecule has 2 amide bonds. The molecule has 0 spiro atoms. The molecular formula is C35H37ClFN7O5S. The van der Waals surface area contributed by atoms with Crippen LogP contribution < -0.4 is 15.1 Å². The highest BCUT2D eigenvalue weighted by Gasteiger charge is 2.42. The molecular weight excluding hydrogens is 685 g/mol. The Labute approximate surface area is 298 Å². The van der Waals surface area contributed by atoms with Crippen molar-refractivity contribution in [2.24, 2.45) is 4.99 Å². The number of ether oxygens (including phenoxy) is 2. The number of morpholine rings is 1. The minimum atomic E-state index is -0.851. The van der Waals surface area contributed by atoms with Crippen molar-refractivity contribution in [3.05, 3.63) is 86.7 Å². The molecule has 50 heavy (non-hydrogen) atoms. The van der Waals surface area contributed by atoms with E-state index in [-0.39, 0.29) is 34.6 Å². The standard InChI is InChI=1S/C35H37ClFN7O5S/c1-21(45)15-26-19-42(12-13-49-26)23-4-6-24(7-5-23)44-18-25-17-41(10-11-43(25)35(44)47)20-29-30(34(46)48-2)31(27-8-3-22(37)16-28(27)36)40-32(39-29)33-38-9-14-50-33/h3-9,14,16,25-26,31H,10-13,15,17-20H2,1-2H3,(H,39,40)/t25-,26?,31-/m0/s1. The molecule has 0 saturated carbocycles. The molecule has 2 aromatic carbocycles. The highest BCUT2D eigenvalue weighted by atomic mass is 35.5. The van der Waals surface area contributed by atoms with Crippen LogP contribution in [0.1, 0.15) is 30.0 Å². The number of esters is 1. The number of piperazine rings is 1. The Kier molecular flexibility index (Phi) is 9.87. The molecule has 0 aliphatic carbocycles. The lowest BCUT2D eigenvalue weighted by atomic mass is 9.95. The Morgan fingerprint density at radius 1 is 1.10 bits per heavy atom. The van der Waals surface area contributed by atoms with Gasteiger partial charge in [-0.3, -0.25) is 19.6 Å². The zero-order valence-electron chi connectivity index (χ0n) is 27.7. The molecule has 4 aliphatic rings. The number of amidine groups is 1. The van der Waals surface area contributed by atoms with Crippen molar-refractivity contribution in [2.75, 3.05) is 69.3 Å². The van der Waals surface area contributed by atoms with Crippen LogP contribution in [0.15, 0.2) is 70.3 Å². The Bertz CT molecular complexity index is 1840. The van der Waals surface area contributed by atoms with Crippen LogP contribution in [-0.4, -0.2) is 110 Å². The van der Waals surface area contributed by atoms with Crippen LogP contribution in [0.5, 0.6) is 0 Å². The predicted octanol–water partition coefficient (Wildman–Crippen LogP) is 4.26. The number of rotatable bonds is 9. The summed E-state index contributed by atoms with van der Waals surface area (Å²) in [6.45, 7) is 6.07. The normalized spacial score (nSPS) is 22.7. The van der Waals surface area contributed by atoms with E-state index in [2.05, 4.69) is 20.1 Å². The summed E-state index contributed by atoms with van der Waals surface area (Å²) >= 11 is 7.91. The zero-order chi connectivity index (χ0) is 34.9. The molecule has 262 valence electrons. The number of carbonyl (C=O) groups is 3. The van der Waals surface area contributed by atoms with Crippen molar-refractivity contribution < 1.29 is 28.2 Å². The number of anilines is 2. The average molecular weight is 722 g/mol. The Morgan fingerprint density at radius 3 is 2.62 bits per heavy atom. The fraction of sp³-hybridized carbons (Fsp3) is 0.400. The van der Waals surface area contributed by atoms with Crippen LogP contribution >= 0.6 is 22.9 Å². The van der Waals surface area contributed by atoms with E-state index in [1.807, 2.05) is 39.4 Å². The van der Waals surface area contributed by atoms with Gasteiger partial charge >= 0.3 is 12.0 Å². The van der Waals surface area contributed by atoms with E-state index in [0.717, 1.165) is 17.9 Å². The topological polar surface area (TPSA) is 120 Å². The number of thiazole rings is 1. The van der Waals surface area contributed by atoms with Crippen molar-refractivity contribution >= 4 is 57.9 Å². The van der Waals surface area contributed by atoms with Gasteiger partial charge in [-0.15, -0.1) is 11.3 Å². The van der Waals surface area contributed by atoms with Gasteiger partial charge in [0.2, 0.25) is 0 Å². The molecule has 5 heterocycles. The summed E-state index contributed by atoms with van der Waals surface area (Å²) in [6, 6.07) is 11.1. The second-order valence-electron chi connectivity index (χ2n) is 12.7. The third-order valence-corrected chi connectivity index (χ3v) is 10.5. The number of fused-ring (bicyclic) bond motifs is 1. The Balaban J connectivity index is 1.09. The predicted molar refractivity (Wildman–Crippen MR) is 188 cm³/mol. The fourth-order valence-electron chi connectivity index (χ4n) is 7.06. The molecule has 12 nitrogen and oxygen atoms in total. The first-order valence-electron chi connectivity index (χ1n) is 16.5. The highest BCUT2D eigenvalue weighted by Crippen LogP contribution is 2.37. The van der Waals surface area contributed by atoms with E-state index >= 15 is 0 Å². The quantitative estimate of drug-likeness (QED) is 0.324. The maximum absolute atomic E-state index is 14.0. The molecule has 7 rings (SSSR count). The lowest BCUT2D eigenvalue weighted by Crippen LogP contribution is -2.53. The molecule has 0 radical (unpaired) electrons. The van der Waals surface area contributed by atoms with E-state index in [0.29, 0.717) is 74.4 Å². The van der Waals surface area contributed by atoms with Gasteiger partial charge in [0, 0.05) is 91.5 Å². The number of nitrogens with one attached hydrogen (secondary N) is 1. The van der Waals surface area contributed by atoms with E-state index in [9.17, 15) is 18.8 Å². The summed E-state index contributed by atoms with van der Waals surface area (Å²) in [4.78, 5) is 56.0. The molecule has 3 aromatic rings. The Hall–Kier alpha value is -4.37. The molecule has 4 aliphatic heterocycles. The minimum absolute atomic E-state index is 0.0373. The molecule has 3 atom stereocenters. The van der Waals surface area contributed by atoms with E-state index in [4.69, 9.17) is 26.1 Å². The van der Waals surface area contributed by atoms with Crippen LogP contribution in [0.25, 0.3) is 0 Å². The van der Waals surface area contributed by atoms with Gasteiger partial charge in [0.15, 0.2) is 10.8 Å². The van der Waals surface area contributed by atoms with E-state index in [1.165, 1.54) is 36.6 Å². The summed E-state index contributed by atoms with van der Waals surface area (Å²) in [5.41, 5.74) is 3.18. The largest absolute Gasteiger partial charge is 0.466 e.